The van der Waals surface area contributed by atoms with E-state index in [2.05, 4.69) is 38.1 Å². The Morgan fingerprint density at radius 3 is 2.47 bits per heavy atom. The predicted molar refractivity (Wildman–Crippen MR) is 62.7 cm³/mol. The minimum atomic E-state index is -0.550. The lowest BCUT2D eigenvalue weighted by atomic mass is 9.90. The number of rotatable bonds is 2. The van der Waals surface area contributed by atoms with Crippen molar-refractivity contribution in [3.05, 3.63) is 35.4 Å². The second kappa shape index (κ2) is 3.97. The molecule has 1 fully saturated rings. The summed E-state index contributed by atoms with van der Waals surface area (Å²) in [7, 11) is 0. The molecule has 0 amide bonds. The van der Waals surface area contributed by atoms with Gasteiger partial charge in [0.25, 0.3) is 0 Å². The van der Waals surface area contributed by atoms with Crippen molar-refractivity contribution in [2.75, 3.05) is 0 Å². The molecule has 1 aliphatic carbocycles. The van der Waals surface area contributed by atoms with Gasteiger partial charge in [-0.1, -0.05) is 38.1 Å². The molecule has 0 spiro atoms. The van der Waals surface area contributed by atoms with Crippen LogP contribution in [-0.2, 0) is 12.0 Å². The van der Waals surface area contributed by atoms with Gasteiger partial charge in [0.05, 0.1) is 5.60 Å². The number of hydrogen-bond donors (Lipinski definition) is 1. The maximum atomic E-state index is 10.5. The summed E-state index contributed by atoms with van der Waals surface area (Å²) >= 11 is 0. The van der Waals surface area contributed by atoms with Gasteiger partial charge in [-0.2, -0.15) is 0 Å². The maximum Gasteiger partial charge on any atom is 0.0899 e. The summed E-state index contributed by atoms with van der Waals surface area (Å²) in [4.78, 5) is 0. The highest BCUT2D eigenvalue weighted by Crippen LogP contribution is 2.41. The summed E-state index contributed by atoms with van der Waals surface area (Å²) < 4.78 is 0. The third kappa shape index (κ3) is 2.07. The Morgan fingerprint density at radius 2 is 2.00 bits per heavy atom. The van der Waals surface area contributed by atoms with Crippen molar-refractivity contribution in [3.63, 3.8) is 0 Å². The van der Waals surface area contributed by atoms with Crippen LogP contribution in [0.2, 0.25) is 0 Å². The maximum absolute atomic E-state index is 10.5. The summed E-state index contributed by atoms with van der Waals surface area (Å²) in [6.07, 6.45) is 4.04. The SMILES string of the molecule is CCc1ccc(C2(O)CCC(C)C2)cc1. The van der Waals surface area contributed by atoms with Gasteiger partial charge in [-0.25, -0.2) is 0 Å². The van der Waals surface area contributed by atoms with Gasteiger partial charge >= 0.3 is 0 Å². The van der Waals surface area contributed by atoms with E-state index in [-0.39, 0.29) is 0 Å². The molecule has 1 N–H and O–H groups in total. The van der Waals surface area contributed by atoms with Gasteiger partial charge < -0.3 is 5.11 Å². The van der Waals surface area contributed by atoms with Gasteiger partial charge in [0.15, 0.2) is 0 Å². The molecule has 15 heavy (non-hydrogen) atoms. The first-order valence-corrected chi connectivity index (χ1v) is 5.96. The fourth-order valence-electron chi connectivity index (χ4n) is 2.58. The Bertz CT molecular complexity index is 328. The molecule has 1 heteroatoms. The second-order valence-electron chi connectivity index (χ2n) is 4.93. The number of aryl methyl sites for hydroxylation is 1. The average Bonchev–Trinajstić information content (AvgIpc) is 2.60. The van der Waals surface area contributed by atoms with E-state index in [1.807, 2.05) is 0 Å². The topological polar surface area (TPSA) is 20.2 Å². The van der Waals surface area contributed by atoms with Crippen molar-refractivity contribution in [1.29, 1.82) is 0 Å². The summed E-state index contributed by atoms with van der Waals surface area (Å²) in [6, 6.07) is 8.46. The molecule has 0 heterocycles. The summed E-state index contributed by atoms with van der Waals surface area (Å²) in [5.74, 6) is 0.654. The summed E-state index contributed by atoms with van der Waals surface area (Å²) in [5.41, 5.74) is 1.89. The first kappa shape index (κ1) is 10.7. The molecule has 0 radical (unpaired) electrons. The summed E-state index contributed by atoms with van der Waals surface area (Å²) in [5, 5.41) is 10.5. The molecule has 2 unspecified atom stereocenters. The lowest BCUT2D eigenvalue weighted by molar-refractivity contribution is 0.0408. The highest BCUT2D eigenvalue weighted by Gasteiger charge is 2.36. The quantitative estimate of drug-likeness (QED) is 0.784. The fourth-order valence-corrected chi connectivity index (χ4v) is 2.58. The molecule has 0 aromatic heterocycles. The molecule has 1 saturated carbocycles. The number of aliphatic hydroxyl groups is 1. The molecule has 82 valence electrons. The number of hydrogen-bond acceptors (Lipinski definition) is 1. The molecule has 1 aromatic rings. The highest BCUT2D eigenvalue weighted by atomic mass is 16.3. The van der Waals surface area contributed by atoms with Crippen LogP contribution in [0, 0.1) is 5.92 Å². The number of benzene rings is 1. The van der Waals surface area contributed by atoms with Gasteiger partial charge in [-0.05, 0) is 42.7 Å². The highest BCUT2D eigenvalue weighted by molar-refractivity contribution is 5.28. The van der Waals surface area contributed by atoms with Crippen LogP contribution in [0.15, 0.2) is 24.3 Å². The molecule has 0 aliphatic heterocycles. The molecular formula is C14H20O. The van der Waals surface area contributed by atoms with E-state index in [1.54, 1.807) is 0 Å². The van der Waals surface area contributed by atoms with E-state index in [0.717, 1.165) is 31.2 Å². The first-order chi connectivity index (χ1) is 7.14. The zero-order chi connectivity index (χ0) is 10.9. The third-order valence-electron chi connectivity index (χ3n) is 3.64. The van der Waals surface area contributed by atoms with Crippen LogP contribution >= 0.6 is 0 Å². The first-order valence-electron chi connectivity index (χ1n) is 5.96. The Morgan fingerprint density at radius 1 is 1.33 bits per heavy atom. The minimum absolute atomic E-state index is 0.550. The third-order valence-corrected chi connectivity index (χ3v) is 3.64. The van der Waals surface area contributed by atoms with Crippen LogP contribution in [0.3, 0.4) is 0 Å². The Labute approximate surface area is 92.1 Å². The van der Waals surface area contributed by atoms with Gasteiger partial charge in [0.2, 0.25) is 0 Å². The summed E-state index contributed by atoms with van der Waals surface area (Å²) in [6.45, 7) is 4.37. The largest absolute Gasteiger partial charge is 0.385 e. The van der Waals surface area contributed by atoms with E-state index in [9.17, 15) is 5.11 Å². The molecule has 2 rings (SSSR count). The molecule has 1 aliphatic rings. The van der Waals surface area contributed by atoms with Crippen LogP contribution in [0.25, 0.3) is 0 Å². The zero-order valence-corrected chi connectivity index (χ0v) is 9.66. The van der Waals surface area contributed by atoms with Gasteiger partial charge in [-0.15, -0.1) is 0 Å². The van der Waals surface area contributed by atoms with Gasteiger partial charge in [0, 0.05) is 0 Å². The molecular weight excluding hydrogens is 184 g/mol. The molecule has 0 bridgehead atoms. The lowest BCUT2D eigenvalue weighted by Crippen LogP contribution is -2.21. The van der Waals surface area contributed by atoms with E-state index < -0.39 is 5.60 Å². The van der Waals surface area contributed by atoms with Gasteiger partial charge in [0.1, 0.15) is 0 Å². The van der Waals surface area contributed by atoms with E-state index in [1.165, 1.54) is 5.56 Å². The fraction of sp³-hybridized carbons (Fsp3) is 0.571. The van der Waals surface area contributed by atoms with Crippen molar-refractivity contribution in [1.82, 2.24) is 0 Å². The standard InChI is InChI=1S/C14H20O/c1-3-12-4-6-13(7-5-12)14(15)9-8-11(2)10-14/h4-7,11,15H,3,8-10H2,1-2H3. The second-order valence-corrected chi connectivity index (χ2v) is 4.93. The van der Waals surface area contributed by atoms with E-state index >= 15 is 0 Å². The Kier molecular flexibility index (Phi) is 2.83. The molecule has 1 aromatic carbocycles. The van der Waals surface area contributed by atoms with Crippen molar-refractivity contribution < 1.29 is 5.11 Å². The molecule has 1 nitrogen and oxygen atoms in total. The minimum Gasteiger partial charge on any atom is -0.385 e. The van der Waals surface area contributed by atoms with Crippen LogP contribution in [0.4, 0.5) is 0 Å². The Balaban J connectivity index is 2.22. The van der Waals surface area contributed by atoms with Crippen LogP contribution in [0.5, 0.6) is 0 Å². The molecule has 0 saturated heterocycles. The van der Waals surface area contributed by atoms with E-state index in [4.69, 9.17) is 0 Å². The van der Waals surface area contributed by atoms with Crippen LogP contribution < -0.4 is 0 Å². The lowest BCUT2D eigenvalue weighted by Gasteiger charge is -2.23. The Hall–Kier alpha value is -0.820. The monoisotopic (exact) mass is 204 g/mol. The van der Waals surface area contributed by atoms with Crippen molar-refractivity contribution in [3.8, 4) is 0 Å². The van der Waals surface area contributed by atoms with Crippen molar-refractivity contribution in [2.24, 2.45) is 5.92 Å². The average molecular weight is 204 g/mol. The normalized spacial score (nSPS) is 30.7. The van der Waals surface area contributed by atoms with Crippen molar-refractivity contribution >= 4 is 0 Å². The van der Waals surface area contributed by atoms with Crippen molar-refractivity contribution in [2.45, 2.75) is 45.1 Å². The van der Waals surface area contributed by atoms with Crippen LogP contribution in [-0.4, -0.2) is 5.11 Å². The van der Waals surface area contributed by atoms with E-state index in [0.29, 0.717) is 5.92 Å². The van der Waals surface area contributed by atoms with Gasteiger partial charge in [-0.3, -0.25) is 0 Å². The molecule has 2 atom stereocenters. The zero-order valence-electron chi connectivity index (χ0n) is 9.66. The smallest absolute Gasteiger partial charge is 0.0899 e. The van der Waals surface area contributed by atoms with Crippen LogP contribution in [0.1, 0.15) is 44.2 Å². The predicted octanol–water partition coefficient (Wildman–Crippen LogP) is 3.26.